The Kier molecular flexibility index (Phi) is 5.77. The lowest BCUT2D eigenvalue weighted by atomic mass is 10.1. The van der Waals surface area contributed by atoms with Gasteiger partial charge in [0.15, 0.2) is 5.82 Å². The van der Waals surface area contributed by atoms with Crippen molar-refractivity contribution in [2.45, 2.75) is 32.2 Å². The Morgan fingerprint density at radius 2 is 1.71 bits per heavy atom. The zero-order valence-corrected chi connectivity index (χ0v) is 17.1. The number of rotatable bonds is 4. The van der Waals surface area contributed by atoms with Crippen LogP contribution in [0.1, 0.15) is 19.4 Å². The monoisotopic (exact) mass is 429 g/mol. The molecule has 1 fully saturated rings. The van der Waals surface area contributed by atoms with E-state index in [0.29, 0.717) is 16.9 Å². The van der Waals surface area contributed by atoms with Crippen molar-refractivity contribution in [2.24, 2.45) is 0 Å². The van der Waals surface area contributed by atoms with Crippen LogP contribution in [0.5, 0.6) is 0 Å². The zero-order chi connectivity index (χ0) is 22.0. The van der Waals surface area contributed by atoms with Crippen LogP contribution in [0.15, 0.2) is 54.9 Å². The second-order valence-electron chi connectivity index (χ2n) is 7.59. The number of pyridine rings is 1. The number of alkyl halides is 3. The molecule has 3 aromatic rings. The Balaban J connectivity index is 1.52. The van der Waals surface area contributed by atoms with Crippen molar-refractivity contribution in [1.29, 1.82) is 0 Å². The van der Waals surface area contributed by atoms with E-state index in [9.17, 15) is 13.2 Å². The highest BCUT2D eigenvalue weighted by molar-refractivity contribution is 5.68. The SMILES string of the molecule is C[C@@H]1CN(c2cc(Nc3cc(-c4ccc(C(F)(F)F)cc4)cnn3)ccn2)C[C@H](C)O1. The first-order chi connectivity index (χ1) is 14.8. The van der Waals surface area contributed by atoms with Gasteiger partial charge in [-0.3, -0.25) is 0 Å². The van der Waals surface area contributed by atoms with Crippen molar-refractivity contribution in [1.82, 2.24) is 15.2 Å². The minimum atomic E-state index is -4.36. The summed E-state index contributed by atoms with van der Waals surface area (Å²) in [7, 11) is 0. The molecule has 0 amide bonds. The van der Waals surface area contributed by atoms with Gasteiger partial charge in [0, 0.05) is 36.6 Å². The van der Waals surface area contributed by atoms with Crippen molar-refractivity contribution in [2.75, 3.05) is 23.3 Å². The number of nitrogens with one attached hydrogen (secondary N) is 1. The quantitative estimate of drug-likeness (QED) is 0.636. The maximum absolute atomic E-state index is 12.8. The summed E-state index contributed by atoms with van der Waals surface area (Å²) in [5.74, 6) is 1.32. The summed E-state index contributed by atoms with van der Waals surface area (Å²) >= 11 is 0. The third-order valence-electron chi connectivity index (χ3n) is 4.96. The van der Waals surface area contributed by atoms with Crippen LogP contribution in [0.25, 0.3) is 11.1 Å². The molecule has 31 heavy (non-hydrogen) atoms. The van der Waals surface area contributed by atoms with Crippen LogP contribution in [0.3, 0.4) is 0 Å². The topological polar surface area (TPSA) is 63.2 Å². The molecule has 0 aliphatic carbocycles. The van der Waals surface area contributed by atoms with Crippen LogP contribution >= 0.6 is 0 Å². The largest absolute Gasteiger partial charge is 0.416 e. The molecule has 0 bridgehead atoms. The number of ether oxygens (including phenoxy) is 1. The minimum Gasteiger partial charge on any atom is -0.372 e. The maximum Gasteiger partial charge on any atom is 0.416 e. The predicted molar refractivity (Wildman–Crippen MR) is 112 cm³/mol. The van der Waals surface area contributed by atoms with Crippen LogP contribution < -0.4 is 10.2 Å². The minimum absolute atomic E-state index is 0.119. The molecule has 2 atom stereocenters. The highest BCUT2D eigenvalue weighted by atomic mass is 19.4. The van der Waals surface area contributed by atoms with Crippen molar-refractivity contribution in [3.8, 4) is 11.1 Å². The molecule has 9 heteroatoms. The molecule has 0 radical (unpaired) electrons. The molecule has 1 N–H and O–H groups in total. The van der Waals surface area contributed by atoms with Gasteiger partial charge in [0.25, 0.3) is 0 Å². The summed E-state index contributed by atoms with van der Waals surface area (Å²) in [6.07, 6.45) is -0.892. The first-order valence-corrected chi connectivity index (χ1v) is 9.92. The van der Waals surface area contributed by atoms with Gasteiger partial charge in [-0.15, -0.1) is 5.10 Å². The van der Waals surface area contributed by atoms with Gasteiger partial charge in [-0.25, -0.2) is 4.98 Å². The fourth-order valence-corrected chi connectivity index (χ4v) is 3.62. The van der Waals surface area contributed by atoms with Crippen LogP contribution in [0.4, 0.5) is 30.5 Å². The first kappa shape index (κ1) is 21.0. The predicted octanol–water partition coefficient (Wildman–Crippen LogP) is 4.91. The molecule has 6 nitrogen and oxygen atoms in total. The maximum atomic E-state index is 12.8. The van der Waals surface area contributed by atoms with E-state index in [-0.39, 0.29) is 12.2 Å². The van der Waals surface area contributed by atoms with Gasteiger partial charge >= 0.3 is 6.18 Å². The molecule has 1 saturated heterocycles. The second-order valence-corrected chi connectivity index (χ2v) is 7.59. The van der Waals surface area contributed by atoms with Crippen LogP contribution in [-0.2, 0) is 10.9 Å². The summed E-state index contributed by atoms with van der Waals surface area (Å²) in [6, 6.07) is 10.5. The van der Waals surface area contributed by atoms with E-state index >= 15 is 0 Å². The van der Waals surface area contributed by atoms with Crippen molar-refractivity contribution in [3.05, 3.63) is 60.4 Å². The van der Waals surface area contributed by atoms with Crippen LogP contribution in [-0.4, -0.2) is 40.5 Å². The average Bonchev–Trinajstić information content (AvgIpc) is 2.73. The Hall–Kier alpha value is -3.20. The smallest absolute Gasteiger partial charge is 0.372 e. The molecule has 4 rings (SSSR count). The molecule has 0 spiro atoms. The number of nitrogens with zero attached hydrogens (tertiary/aromatic N) is 4. The third kappa shape index (κ3) is 5.11. The summed E-state index contributed by atoms with van der Waals surface area (Å²) in [5.41, 5.74) is 1.39. The van der Waals surface area contributed by atoms with E-state index in [1.807, 2.05) is 26.0 Å². The van der Waals surface area contributed by atoms with Gasteiger partial charge in [0.1, 0.15) is 5.82 Å². The van der Waals surface area contributed by atoms with Gasteiger partial charge in [-0.05, 0) is 43.7 Å². The summed E-state index contributed by atoms with van der Waals surface area (Å²) in [5, 5.41) is 11.3. The molecule has 1 aliphatic rings. The summed E-state index contributed by atoms with van der Waals surface area (Å²) < 4.78 is 44.2. The third-order valence-corrected chi connectivity index (χ3v) is 4.96. The fourth-order valence-electron chi connectivity index (χ4n) is 3.62. The van der Waals surface area contributed by atoms with Crippen molar-refractivity contribution < 1.29 is 17.9 Å². The van der Waals surface area contributed by atoms with Gasteiger partial charge < -0.3 is 15.0 Å². The molecule has 3 heterocycles. The molecule has 0 unspecified atom stereocenters. The lowest BCUT2D eigenvalue weighted by Crippen LogP contribution is -2.45. The van der Waals surface area contributed by atoms with E-state index in [1.54, 1.807) is 12.3 Å². The Labute approximate surface area is 178 Å². The van der Waals surface area contributed by atoms with E-state index in [2.05, 4.69) is 25.4 Å². The summed E-state index contributed by atoms with van der Waals surface area (Å²) in [6.45, 7) is 5.58. The highest BCUT2D eigenvalue weighted by Crippen LogP contribution is 2.31. The Morgan fingerprint density at radius 1 is 1.00 bits per heavy atom. The van der Waals surface area contributed by atoms with Crippen molar-refractivity contribution in [3.63, 3.8) is 0 Å². The normalized spacial score (nSPS) is 19.3. The molecular formula is C22H22F3N5O. The molecule has 1 aromatic carbocycles. The van der Waals surface area contributed by atoms with Gasteiger partial charge in [0.05, 0.1) is 24.0 Å². The number of aromatic nitrogens is 3. The van der Waals surface area contributed by atoms with Crippen molar-refractivity contribution >= 4 is 17.3 Å². The average molecular weight is 429 g/mol. The standard InChI is InChI=1S/C22H22F3N5O/c1-14-12-30(13-15(2)31-14)21-10-19(7-8-26-21)28-20-9-17(11-27-29-20)16-3-5-18(6-4-16)22(23,24)25/h3-11,14-15H,12-13H2,1-2H3,(H,26,28,29)/t14-,15+. The fraction of sp³-hybridized carbons (Fsp3) is 0.318. The number of hydrogen-bond acceptors (Lipinski definition) is 6. The van der Waals surface area contributed by atoms with Gasteiger partial charge in [-0.1, -0.05) is 12.1 Å². The second kappa shape index (κ2) is 8.50. The van der Waals surface area contributed by atoms with E-state index in [0.717, 1.165) is 36.7 Å². The zero-order valence-electron chi connectivity index (χ0n) is 17.1. The number of morpholine rings is 1. The van der Waals surface area contributed by atoms with Gasteiger partial charge in [-0.2, -0.15) is 18.3 Å². The molecule has 162 valence electrons. The van der Waals surface area contributed by atoms with Crippen LogP contribution in [0, 0.1) is 0 Å². The Bertz CT molecular complexity index is 1030. The number of anilines is 3. The lowest BCUT2D eigenvalue weighted by Gasteiger charge is -2.36. The molecular weight excluding hydrogens is 407 g/mol. The highest BCUT2D eigenvalue weighted by Gasteiger charge is 2.30. The summed E-state index contributed by atoms with van der Waals surface area (Å²) in [4.78, 5) is 6.64. The van der Waals surface area contributed by atoms with Crippen LogP contribution in [0.2, 0.25) is 0 Å². The van der Waals surface area contributed by atoms with Gasteiger partial charge in [0.2, 0.25) is 0 Å². The lowest BCUT2D eigenvalue weighted by molar-refractivity contribution is -0.137. The number of benzene rings is 1. The number of hydrogen-bond donors (Lipinski definition) is 1. The first-order valence-electron chi connectivity index (χ1n) is 9.92. The Morgan fingerprint density at radius 3 is 2.39 bits per heavy atom. The van der Waals surface area contributed by atoms with E-state index in [1.165, 1.54) is 18.3 Å². The number of halogens is 3. The van der Waals surface area contributed by atoms with E-state index in [4.69, 9.17) is 4.74 Å². The molecule has 2 aromatic heterocycles. The van der Waals surface area contributed by atoms with E-state index < -0.39 is 11.7 Å². The molecule has 0 saturated carbocycles. The molecule has 1 aliphatic heterocycles.